The normalized spacial score (nSPS) is 13.2. The van der Waals surface area contributed by atoms with Gasteiger partial charge in [0.05, 0.1) is 0 Å². The average Bonchev–Trinajstić information content (AvgIpc) is 2.15. The van der Waals surface area contributed by atoms with Gasteiger partial charge in [0.1, 0.15) is 0 Å². The molecule has 86 valence electrons. The smallest absolute Gasteiger partial charge is 0.226 e. The van der Waals surface area contributed by atoms with Gasteiger partial charge in [-0.3, -0.25) is 9.59 Å². The first-order chi connectivity index (χ1) is 6.99. The van der Waals surface area contributed by atoms with Gasteiger partial charge in [0, 0.05) is 31.6 Å². The Morgan fingerprint density at radius 2 is 2.00 bits per heavy atom. The number of nitrogens with two attached hydrogens (primary N) is 1. The summed E-state index contributed by atoms with van der Waals surface area (Å²) >= 11 is 0. The van der Waals surface area contributed by atoms with Crippen molar-refractivity contribution in [3.05, 3.63) is 11.8 Å². The second-order valence-electron chi connectivity index (χ2n) is 3.36. The summed E-state index contributed by atoms with van der Waals surface area (Å²) in [5, 5.41) is 5.29. The molecule has 0 aliphatic heterocycles. The van der Waals surface area contributed by atoms with E-state index in [0.29, 0.717) is 0 Å². The zero-order valence-corrected chi connectivity index (χ0v) is 9.46. The van der Waals surface area contributed by atoms with Crippen LogP contribution in [0.3, 0.4) is 0 Å². The van der Waals surface area contributed by atoms with Gasteiger partial charge in [0.25, 0.3) is 0 Å². The molecule has 2 amide bonds. The van der Waals surface area contributed by atoms with Crippen molar-refractivity contribution in [1.29, 1.82) is 0 Å². The molecule has 0 aromatic heterocycles. The molecular weight excluding hydrogens is 194 g/mol. The number of amides is 2. The molecule has 0 aliphatic rings. The fourth-order valence-corrected chi connectivity index (χ4v) is 1.05. The molecular formula is C10H19N3O2. The predicted octanol–water partition coefficient (Wildman–Crippen LogP) is -0.120. The first-order valence-electron chi connectivity index (χ1n) is 4.89. The first-order valence-corrected chi connectivity index (χ1v) is 4.89. The summed E-state index contributed by atoms with van der Waals surface area (Å²) in [6.07, 6.45) is 2.00. The van der Waals surface area contributed by atoms with Crippen molar-refractivity contribution < 1.29 is 9.59 Å². The van der Waals surface area contributed by atoms with E-state index < -0.39 is 0 Å². The van der Waals surface area contributed by atoms with Gasteiger partial charge in [-0.15, -0.1) is 0 Å². The predicted molar refractivity (Wildman–Crippen MR) is 58.8 cm³/mol. The second-order valence-corrected chi connectivity index (χ2v) is 3.36. The minimum absolute atomic E-state index is 0.144. The Balaban J connectivity index is 4.07. The molecule has 0 spiro atoms. The molecule has 0 aromatic carbocycles. The van der Waals surface area contributed by atoms with Crippen LogP contribution in [0.5, 0.6) is 0 Å². The van der Waals surface area contributed by atoms with Crippen molar-refractivity contribution >= 4 is 11.8 Å². The molecule has 4 N–H and O–H groups in total. The quantitative estimate of drug-likeness (QED) is 0.595. The third-order valence-corrected chi connectivity index (χ3v) is 1.89. The lowest BCUT2D eigenvalue weighted by molar-refractivity contribution is -0.122. The van der Waals surface area contributed by atoms with Crippen LogP contribution in [0.2, 0.25) is 0 Å². The van der Waals surface area contributed by atoms with Gasteiger partial charge in [-0.05, 0) is 13.8 Å². The van der Waals surface area contributed by atoms with Gasteiger partial charge in [0.2, 0.25) is 11.8 Å². The molecule has 0 radical (unpaired) electrons. The zero-order valence-electron chi connectivity index (χ0n) is 9.46. The van der Waals surface area contributed by atoms with Crippen molar-refractivity contribution in [2.24, 2.45) is 5.73 Å². The summed E-state index contributed by atoms with van der Waals surface area (Å²) in [5.74, 6) is -0.323. The van der Waals surface area contributed by atoms with Crippen LogP contribution in [0.15, 0.2) is 11.8 Å². The standard InChI is InChI=1S/C10H19N3O2/c1-4-7(2)12-10(15)5-9(6-11)13-8(3)14/h4,9H,5-6,11H2,1-3H3,(H,12,15)(H,13,14)/b7-4+/t9-/m1/s1. The lowest BCUT2D eigenvalue weighted by Crippen LogP contribution is -2.42. The first kappa shape index (κ1) is 13.6. The van der Waals surface area contributed by atoms with Gasteiger partial charge in [0.15, 0.2) is 0 Å². The van der Waals surface area contributed by atoms with E-state index in [-0.39, 0.29) is 30.8 Å². The number of carbonyl (C=O) groups is 2. The van der Waals surface area contributed by atoms with Gasteiger partial charge in [-0.25, -0.2) is 0 Å². The van der Waals surface area contributed by atoms with Crippen LogP contribution in [-0.2, 0) is 9.59 Å². The number of rotatable bonds is 5. The van der Waals surface area contributed by atoms with E-state index in [2.05, 4.69) is 10.6 Å². The summed E-state index contributed by atoms with van der Waals surface area (Å²) in [6.45, 7) is 5.29. The monoisotopic (exact) mass is 213 g/mol. The van der Waals surface area contributed by atoms with Crippen molar-refractivity contribution in [2.45, 2.75) is 33.2 Å². The Morgan fingerprint density at radius 1 is 1.40 bits per heavy atom. The molecule has 15 heavy (non-hydrogen) atoms. The van der Waals surface area contributed by atoms with Crippen LogP contribution in [0, 0.1) is 0 Å². The molecule has 0 heterocycles. The van der Waals surface area contributed by atoms with E-state index >= 15 is 0 Å². The summed E-state index contributed by atoms with van der Waals surface area (Å²) in [6, 6.07) is -0.299. The fourth-order valence-electron chi connectivity index (χ4n) is 1.05. The Labute approximate surface area is 90.1 Å². The third kappa shape index (κ3) is 6.68. The molecule has 0 aromatic rings. The SMILES string of the molecule is C/C=C(\C)NC(=O)C[C@H](CN)NC(C)=O. The Hall–Kier alpha value is -1.36. The molecule has 0 bridgehead atoms. The highest BCUT2D eigenvalue weighted by Crippen LogP contribution is 1.93. The summed E-state index contributed by atoms with van der Waals surface area (Å²) < 4.78 is 0. The van der Waals surface area contributed by atoms with E-state index in [4.69, 9.17) is 5.73 Å². The van der Waals surface area contributed by atoms with Crippen molar-refractivity contribution in [1.82, 2.24) is 10.6 Å². The van der Waals surface area contributed by atoms with Gasteiger partial charge >= 0.3 is 0 Å². The van der Waals surface area contributed by atoms with E-state index in [1.807, 2.05) is 6.92 Å². The molecule has 1 atom stereocenters. The highest BCUT2D eigenvalue weighted by Gasteiger charge is 2.12. The van der Waals surface area contributed by atoms with Crippen molar-refractivity contribution in [2.75, 3.05) is 6.54 Å². The zero-order chi connectivity index (χ0) is 11.8. The van der Waals surface area contributed by atoms with Crippen molar-refractivity contribution in [3.8, 4) is 0 Å². The maximum Gasteiger partial charge on any atom is 0.226 e. The van der Waals surface area contributed by atoms with Crippen LogP contribution >= 0.6 is 0 Å². The highest BCUT2D eigenvalue weighted by atomic mass is 16.2. The number of carbonyl (C=O) groups excluding carboxylic acids is 2. The minimum Gasteiger partial charge on any atom is -0.352 e. The molecule has 5 nitrogen and oxygen atoms in total. The summed E-state index contributed by atoms with van der Waals surface area (Å²) in [5.41, 5.74) is 6.21. The maximum atomic E-state index is 11.4. The fraction of sp³-hybridized carbons (Fsp3) is 0.600. The second kappa shape index (κ2) is 7.00. The minimum atomic E-state index is -0.299. The van der Waals surface area contributed by atoms with Gasteiger partial charge in [-0.1, -0.05) is 6.08 Å². The lowest BCUT2D eigenvalue weighted by Gasteiger charge is -2.15. The van der Waals surface area contributed by atoms with E-state index in [1.54, 1.807) is 13.0 Å². The number of hydrogen-bond donors (Lipinski definition) is 3. The van der Waals surface area contributed by atoms with E-state index in [9.17, 15) is 9.59 Å². The van der Waals surface area contributed by atoms with E-state index in [1.165, 1.54) is 6.92 Å². The maximum absolute atomic E-state index is 11.4. The number of nitrogens with one attached hydrogen (secondary N) is 2. The van der Waals surface area contributed by atoms with Gasteiger partial charge in [-0.2, -0.15) is 0 Å². The molecule has 0 rings (SSSR count). The molecule has 5 heteroatoms. The van der Waals surface area contributed by atoms with Crippen LogP contribution in [0.4, 0.5) is 0 Å². The summed E-state index contributed by atoms with van der Waals surface area (Å²) in [4.78, 5) is 22.2. The lowest BCUT2D eigenvalue weighted by atomic mass is 10.2. The Morgan fingerprint density at radius 3 is 2.40 bits per heavy atom. The number of hydrogen-bond acceptors (Lipinski definition) is 3. The molecule has 0 fully saturated rings. The van der Waals surface area contributed by atoms with Crippen LogP contribution in [-0.4, -0.2) is 24.4 Å². The van der Waals surface area contributed by atoms with Crippen LogP contribution < -0.4 is 16.4 Å². The Kier molecular flexibility index (Phi) is 6.37. The van der Waals surface area contributed by atoms with Crippen molar-refractivity contribution in [3.63, 3.8) is 0 Å². The Bertz CT molecular complexity index is 261. The van der Waals surface area contributed by atoms with Gasteiger partial charge < -0.3 is 16.4 Å². The van der Waals surface area contributed by atoms with E-state index in [0.717, 1.165) is 5.70 Å². The van der Waals surface area contributed by atoms with Crippen LogP contribution in [0.25, 0.3) is 0 Å². The summed E-state index contributed by atoms with van der Waals surface area (Å²) in [7, 11) is 0. The largest absolute Gasteiger partial charge is 0.352 e. The number of allylic oxidation sites excluding steroid dienone is 2. The average molecular weight is 213 g/mol. The molecule has 0 unspecified atom stereocenters. The molecule has 0 saturated carbocycles. The third-order valence-electron chi connectivity index (χ3n) is 1.89. The molecule has 0 aliphatic carbocycles. The molecule has 0 saturated heterocycles. The highest BCUT2D eigenvalue weighted by molar-refractivity contribution is 5.79. The van der Waals surface area contributed by atoms with Crippen LogP contribution in [0.1, 0.15) is 27.2 Å². The topological polar surface area (TPSA) is 84.2 Å².